The van der Waals surface area contributed by atoms with E-state index in [2.05, 4.69) is 4.98 Å². The Morgan fingerprint density at radius 1 is 1.27 bits per heavy atom. The normalized spacial score (nSPS) is 11.0. The van der Waals surface area contributed by atoms with Gasteiger partial charge in [-0.1, -0.05) is 23.7 Å². The molecule has 3 aromatic rings. The zero-order valence-electron chi connectivity index (χ0n) is 11.7. The van der Waals surface area contributed by atoms with E-state index in [4.69, 9.17) is 27.5 Å². The van der Waals surface area contributed by atoms with E-state index in [1.54, 1.807) is 12.1 Å². The Morgan fingerprint density at radius 3 is 2.77 bits per heavy atom. The quantitative estimate of drug-likeness (QED) is 0.569. The zero-order valence-corrected chi connectivity index (χ0v) is 12.4. The minimum Gasteiger partial charge on any atom is -0.436 e. The fraction of sp³-hybridized carbons (Fsp3) is 0.125. The lowest BCUT2D eigenvalue weighted by Crippen LogP contribution is -2.11. The Bertz CT molecular complexity index is 825. The second kappa shape index (κ2) is 5.79. The van der Waals surface area contributed by atoms with E-state index in [0.29, 0.717) is 38.8 Å². The standard InChI is InChI=1S/C16H14ClN3O2/c17-9-7-10(13(21)5-6-18)15(19)11(8-9)16-20-12-3-1-2-4-14(12)22-16/h1-4,7-8H,5-6,18-19H2. The molecule has 0 aliphatic rings. The molecule has 3 rings (SSSR count). The van der Waals surface area contributed by atoms with E-state index in [0.717, 1.165) is 0 Å². The van der Waals surface area contributed by atoms with Crippen LogP contribution in [-0.4, -0.2) is 17.3 Å². The molecule has 1 aromatic heterocycles. The van der Waals surface area contributed by atoms with Gasteiger partial charge in [0.25, 0.3) is 0 Å². The number of rotatable bonds is 4. The molecule has 0 atom stereocenters. The van der Waals surface area contributed by atoms with Crippen molar-refractivity contribution >= 4 is 34.2 Å². The number of benzene rings is 2. The number of para-hydroxylation sites is 2. The monoisotopic (exact) mass is 315 g/mol. The number of nitrogens with two attached hydrogens (primary N) is 2. The Labute approximate surface area is 131 Å². The van der Waals surface area contributed by atoms with Gasteiger partial charge in [0.15, 0.2) is 11.4 Å². The van der Waals surface area contributed by atoms with Gasteiger partial charge in [-0.2, -0.15) is 0 Å². The van der Waals surface area contributed by atoms with Crippen molar-refractivity contribution in [1.82, 2.24) is 4.98 Å². The molecule has 0 amide bonds. The Morgan fingerprint density at radius 2 is 2.05 bits per heavy atom. The highest BCUT2D eigenvalue weighted by Crippen LogP contribution is 2.34. The topological polar surface area (TPSA) is 95.1 Å². The number of carbonyl (C=O) groups is 1. The summed E-state index contributed by atoms with van der Waals surface area (Å²) < 4.78 is 5.70. The van der Waals surface area contributed by atoms with Crippen LogP contribution in [0.5, 0.6) is 0 Å². The van der Waals surface area contributed by atoms with Crippen LogP contribution in [0.1, 0.15) is 16.8 Å². The predicted molar refractivity (Wildman–Crippen MR) is 86.9 cm³/mol. The molecule has 0 aliphatic heterocycles. The summed E-state index contributed by atoms with van der Waals surface area (Å²) in [5.41, 5.74) is 14.1. The molecule has 5 nitrogen and oxygen atoms in total. The van der Waals surface area contributed by atoms with E-state index in [-0.39, 0.29) is 18.7 Å². The molecule has 1 heterocycles. The molecule has 0 saturated heterocycles. The second-order valence-electron chi connectivity index (χ2n) is 4.86. The number of halogens is 1. The van der Waals surface area contributed by atoms with Crippen molar-refractivity contribution in [2.24, 2.45) is 5.73 Å². The highest BCUT2D eigenvalue weighted by atomic mass is 35.5. The van der Waals surface area contributed by atoms with Gasteiger partial charge in [-0.25, -0.2) is 4.98 Å². The van der Waals surface area contributed by atoms with Crippen molar-refractivity contribution in [1.29, 1.82) is 0 Å². The van der Waals surface area contributed by atoms with Crippen LogP contribution < -0.4 is 11.5 Å². The van der Waals surface area contributed by atoms with E-state index < -0.39 is 0 Å². The Hall–Kier alpha value is -2.37. The van der Waals surface area contributed by atoms with E-state index >= 15 is 0 Å². The number of Topliss-reactive ketones (excluding diaryl/α,β-unsaturated/α-hetero) is 1. The first-order valence-corrected chi connectivity index (χ1v) is 7.16. The van der Waals surface area contributed by atoms with Gasteiger partial charge in [0.05, 0.1) is 11.3 Å². The first-order valence-electron chi connectivity index (χ1n) is 6.78. The van der Waals surface area contributed by atoms with Gasteiger partial charge in [0.1, 0.15) is 5.52 Å². The summed E-state index contributed by atoms with van der Waals surface area (Å²) in [6.45, 7) is 0.253. The molecule has 6 heteroatoms. The number of carbonyl (C=O) groups excluding carboxylic acids is 1. The molecule has 2 aromatic carbocycles. The van der Waals surface area contributed by atoms with Crippen LogP contribution in [0.25, 0.3) is 22.6 Å². The molecule has 0 spiro atoms. The molecule has 0 fully saturated rings. The van der Waals surface area contributed by atoms with Crippen molar-refractivity contribution in [2.45, 2.75) is 6.42 Å². The third kappa shape index (κ3) is 2.56. The Kier molecular flexibility index (Phi) is 3.83. The number of aromatic nitrogens is 1. The minimum atomic E-state index is -0.153. The summed E-state index contributed by atoms with van der Waals surface area (Å²) in [4.78, 5) is 16.5. The van der Waals surface area contributed by atoms with Crippen LogP contribution in [-0.2, 0) is 0 Å². The first kappa shape index (κ1) is 14.6. The lowest BCUT2D eigenvalue weighted by atomic mass is 10.0. The summed E-state index contributed by atoms with van der Waals surface area (Å²) in [7, 11) is 0. The molecular weight excluding hydrogens is 302 g/mol. The number of hydrogen-bond acceptors (Lipinski definition) is 5. The van der Waals surface area contributed by atoms with Crippen LogP contribution in [0.15, 0.2) is 40.8 Å². The maximum Gasteiger partial charge on any atom is 0.229 e. The summed E-state index contributed by atoms with van der Waals surface area (Å²) in [6, 6.07) is 10.6. The lowest BCUT2D eigenvalue weighted by molar-refractivity contribution is 0.0986. The van der Waals surface area contributed by atoms with Crippen LogP contribution in [0.3, 0.4) is 0 Å². The number of hydrogen-bond donors (Lipinski definition) is 2. The number of anilines is 1. The molecule has 0 bridgehead atoms. The Balaban J connectivity index is 2.15. The largest absolute Gasteiger partial charge is 0.436 e. The molecule has 4 N–H and O–H groups in total. The van der Waals surface area contributed by atoms with Crippen molar-refractivity contribution < 1.29 is 9.21 Å². The van der Waals surface area contributed by atoms with Gasteiger partial charge in [-0.3, -0.25) is 4.79 Å². The molecule has 112 valence electrons. The summed E-state index contributed by atoms with van der Waals surface area (Å²) in [6.07, 6.45) is 0.206. The number of oxazole rings is 1. The number of nitrogens with zero attached hydrogens (tertiary/aromatic N) is 1. The van der Waals surface area contributed by atoms with Gasteiger partial charge >= 0.3 is 0 Å². The van der Waals surface area contributed by atoms with Crippen LogP contribution in [0.4, 0.5) is 5.69 Å². The van der Waals surface area contributed by atoms with Gasteiger partial charge < -0.3 is 15.9 Å². The number of ketones is 1. The van der Waals surface area contributed by atoms with Crippen LogP contribution in [0.2, 0.25) is 5.02 Å². The maximum absolute atomic E-state index is 12.1. The molecule has 0 aliphatic carbocycles. The minimum absolute atomic E-state index is 0.153. The maximum atomic E-state index is 12.1. The molecule has 0 unspecified atom stereocenters. The van der Waals surface area contributed by atoms with Gasteiger partial charge in [-0.15, -0.1) is 0 Å². The van der Waals surface area contributed by atoms with Crippen LogP contribution >= 0.6 is 11.6 Å². The van der Waals surface area contributed by atoms with Gasteiger partial charge in [-0.05, 0) is 30.8 Å². The van der Waals surface area contributed by atoms with E-state index in [9.17, 15) is 4.79 Å². The third-order valence-corrected chi connectivity index (χ3v) is 3.56. The summed E-state index contributed by atoms with van der Waals surface area (Å²) >= 11 is 6.11. The average Bonchev–Trinajstić information content (AvgIpc) is 2.93. The van der Waals surface area contributed by atoms with E-state index in [1.165, 1.54) is 0 Å². The average molecular weight is 316 g/mol. The smallest absolute Gasteiger partial charge is 0.229 e. The van der Waals surface area contributed by atoms with Gasteiger partial charge in [0, 0.05) is 17.0 Å². The van der Waals surface area contributed by atoms with Crippen molar-refractivity contribution in [3.8, 4) is 11.5 Å². The highest BCUT2D eigenvalue weighted by molar-refractivity contribution is 6.31. The fourth-order valence-electron chi connectivity index (χ4n) is 2.28. The highest BCUT2D eigenvalue weighted by Gasteiger charge is 2.18. The number of nitrogen functional groups attached to an aromatic ring is 1. The van der Waals surface area contributed by atoms with Crippen LogP contribution in [0, 0.1) is 0 Å². The molecule has 0 saturated carbocycles. The predicted octanol–water partition coefficient (Wildman–Crippen LogP) is 3.26. The van der Waals surface area contributed by atoms with Gasteiger partial charge in [0.2, 0.25) is 5.89 Å². The molecule has 0 radical (unpaired) electrons. The fourth-order valence-corrected chi connectivity index (χ4v) is 2.50. The SMILES string of the molecule is NCCC(=O)c1cc(Cl)cc(-c2nc3ccccc3o2)c1N. The number of fused-ring (bicyclic) bond motifs is 1. The van der Waals surface area contributed by atoms with E-state index in [1.807, 2.05) is 24.3 Å². The molecule has 22 heavy (non-hydrogen) atoms. The zero-order chi connectivity index (χ0) is 15.7. The third-order valence-electron chi connectivity index (χ3n) is 3.34. The van der Waals surface area contributed by atoms with Crippen molar-refractivity contribution in [3.63, 3.8) is 0 Å². The summed E-state index contributed by atoms with van der Waals surface area (Å²) in [5.74, 6) is 0.183. The second-order valence-corrected chi connectivity index (χ2v) is 5.30. The van der Waals surface area contributed by atoms with Crippen molar-refractivity contribution in [3.05, 3.63) is 47.0 Å². The summed E-state index contributed by atoms with van der Waals surface area (Å²) in [5, 5.41) is 0.395. The molecular formula is C16H14ClN3O2. The first-order chi connectivity index (χ1) is 10.6. The lowest BCUT2D eigenvalue weighted by Gasteiger charge is -2.09. The van der Waals surface area contributed by atoms with Crippen molar-refractivity contribution in [2.75, 3.05) is 12.3 Å².